The van der Waals surface area contributed by atoms with E-state index < -0.39 is 17.7 Å². The SMILES string of the molecule is COc1c(Cl)cc(Cl)cc1C(=O)Nc1cccc2c1C(=O)N(c1ccccc1)C2=O. The van der Waals surface area contributed by atoms with Crippen LogP contribution in [-0.2, 0) is 0 Å². The van der Waals surface area contributed by atoms with Crippen LogP contribution in [-0.4, -0.2) is 24.8 Å². The minimum atomic E-state index is -0.580. The second-order valence-corrected chi connectivity index (χ2v) is 7.28. The van der Waals surface area contributed by atoms with Crippen molar-refractivity contribution >= 4 is 52.3 Å². The van der Waals surface area contributed by atoms with Crippen LogP contribution in [0.25, 0.3) is 0 Å². The number of carbonyl (C=O) groups excluding carboxylic acids is 3. The molecule has 0 aliphatic carbocycles. The topological polar surface area (TPSA) is 75.7 Å². The molecule has 1 aliphatic heterocycles. The van der Waals surface area contributed by atoms with E-state index in [4.69, 9.17) is 27.9 Å². The van der Waals surface area contributed by atoms with Crippen LogP contribution in [0.2, 0.25) is 10.0 Å². The molecule has 0 radical (unpaired) electrons. The zero-order valence-electron chi connectivity index (χ0n) is 15.6. The number of para-hydroxylation sites is 1. The third-order valence-corrected chi connectivity index (χ3v) is 5.13. The molecule has 1 heterocycles. The average molecular weight is 441 g/mol. The fourth-order valence-corrected chi connectivity index (χ4v) is 3.90. The first-order chi connectivity index (χ1) is 14.4. The minimum Gasteiger partial charge on any atom is -0.494 e. The fourth-order valence-electron chi connectivity index (χ4n) is 3.33. The van der Waals surface area contributed by atoms with Gasteiger partial charge in [-0.3, -0.25) is 14.4 Å². The first kappa shape index (κ1) is 19.9. The van der Waals surface area contributed by atoms with Crippen molar-refractivity contribution in [1.82, 2.24) is 0 Å². The molecule has 0 bridgehead atoms. The van der Waals surface area contributed by atoms with E-state index in [0.717, 1.165) is 4.90 Å². The lowest BCUT2D eigenvalue weighted by atomic mass is 10.1. The van der Waals surface area contributed by atoms with E-state index in [-0.39, 0.29) is 38.2 Å². The smallest absolute Gasteiger partial charge is 0.268 e. The highest BCUT2D eigenvalue weighted by atomic mass is 35.5. The van der Waals surface area contributed by atoms with Crippen LogP contribution in [0.5, 0.6) is 5.75 Å². The van der Waals surface area contributed by atoms with Crippen molar-refractivity contribution in [3.8, 4) is 5.75 Å². The van der Waals surface area contributed by atoms with Crippen LogP contribution < -0.4 is 15.0 Å². The summed E-state index contributed by atoms with van der Waals surface area (Å²) in [6.07, 6.45) is 0. The molecular formula is C22H14Cl2N2O4. The zero-order chi connectivity index (χ0) is 21.4. The molecule has 1 aliphatic rings. The Morgan fingerprint density at radius 3 is 2.40 bits per heavy atom. The number of imide groups is 1. The van der Waals surface area contributed by atoms with Gasteiger partial charge in [-0.05, 0) is 36.4 Å². The number of carbonyl (C=O) groups is 3. The number of hydrogen-bond acceptors (Lipinski definition) is 4. The minimum absolute atomic E-state index is 0.101. The molecule has 3 aromatic rings. The van der Waals surface area contributed by atoms with Crippen LogP contribution >= 0.6 is 23.2 Å². The highest BCUT2D eigenvalue weighted by Gasteiger charge is 2.38. The highest BCUT2D eigenvalue weighted by molar-refractivity contribution is 6.38. The summed E-state index contributed by atoms with van der Waals surface area (Å²) in [6, 6.07) is 16.1. The standard InChI is InChI=1S/C22H14Cl2N2O4/c1-30-19-15(10-12(23)11-16(19)24)20(27)25-17-9-5-8-14-18(17)22(29)26(21(14)28)13-6-3-2-4-7-13/h2-11H,1H3,(H,25,27). The Morgan fingerprint density at radius 1 is 0.967 bits per heavy atom. The number of amides is 3. The third kappa shape index (κ3) is 3.30. The molecule has 6 nitrogen and oxygen atoms in total. The predicted molar refractivity (Wildman–Crippen MR) is 115 cm³/mol. The van der Waals surface area contributed by atoms with E-state index in [2.05, 4.69) is 5.32 Å². The van der Waals surface area contributed by atoms with Gasteiger partial charge in [-0.15, -0.1) is 0 Å². The molecule has 0 aromatic heterocycles. The average Bonchev–Trinajstić information content (AvgIpc) is 2.99. The Bertz CT molecular complexity index is 1200. The number of hydrogen-bond donors (Lipinski definition) is 1. The highest BCUT2D eigenvalue weighted by Crippen LogP contribution is 2.35. The van der Waals surface area contributed by atoms with Gasteiger partial charge in [0.25, 0.3) is 17.7 Å². The molecule has 3 amide bonds. The summed E-state index contributed by atoms with van der Waals surface area (Å²) in [4.78, 5) is 39.9. The van der Waals surface area contributed by atoms with Crippen molar-refractivity contribution in [2.75, 3.05) is 17.3 Å². The van der Waals surface area contributed by atoms with Crippen molar-refractivity contribution < 1.29 is 19.1 Å². The normalized spacial score (nSPS) is 12.7. The molecule has 4 rings (SSSR count). The molecule has 0 saturated carbocycles. The molecule has 150 valence electrons. The lowest BCUT2D eigenvalue weighted by Gasteiger charge is -2.14. The molecule has 0 saturated heterocycles. The molecule has 30 heavy (non-hydrogen) atoms. The molecular weight excluding hydrogens is 427 g/mol. The first-order valence-corrected chi connectivity index (χ1v) is 9.59. The summed E-state index contributed by atoms with van der Waals surface area (Å²) < 4.78 is 5.21. The maximum atomic E-state index is 13.1. The van der Waals surface area contributed by atoms with E-state index in [1.165, 1.54) is 19.2 Å². The second kappa shape index (κ2) is 7.82. The molecule has 0 spiro atoms. The molecule has 1 N–H and O–H groups in total. The van der Waals surface area contributed by atoms with Crippen molar-refractivity contribution in [2.45, 2.75) is 0 Å². The van der Waals surface area contributed by atoms with Gasteiger partial charge in [-0.1, -0.05) is 47.5 Å². The summed E-state index contributed by atoms with van der Waals surface area (Å²) in [6.45, 7) is 0. The van der Waals surface area contributed by atoms with E-state index >= 15 is 0 Å². The Balaban J connectivity index is 1.73. The van der Waals surface area contributed by atoms with Crippen LogP contribution in [0.1, 0.15) is 31.1 Å². The summed E-state index contributed by atoms with van der Waals surface area (Å²) >= 11 is 12.1. The van der Waals surface area contributed by atoms with Gasteiger partial charge < -0.3 is 10.1 Å². The summed E-state index contributed by atoms with van der Waals surface area (Å²) in [5, 5.41) is 3.11. The largest absolute Gasteiger partial charge is 0.494 e. The summed E-state index contributed by atoms with van der Waals surface area (Å²) in [5.41, 5.74) is 1.07. The van der Waals surface area contributed by atoms with Gasteiger partial charge in [-0.25, -0.2) is 4.90 Å². The van der Waals surface area contributed by atoms with Gasteiger partial charge in [0, 0.05) is 5.02 Å². The fraction of sp³-hybridized carbons (Fsp3) is 0.0455. The van der Waals surface area contributed by atoms with Gasteiger partial charge in [0.15, 0.2) is 0 Å². The number of methoxy groups -OCH3 is 1. The number of nitrogens with one attached hydrogen (secondary N) is 1. The molecule has 0 atom stereocenters. The maximum Gasteiger partial charge on any atom is 0.268 e. The van der Waals surface area contributed by atoms with Gasteiger partial charge in [0.05, 0.1) is 40.2 Å². The van der Waals surface area contributed by atoms with Gasteiger partial charge in [0.1, 0.15) is 5.75 Å². The summed E-state index contributed by atoms with van der Waals surface area (Å²) in [7, 11) is 1.38. The van der Waals surface area contributed by atoms with E-state index in [1.54, 1.807) is 48.5 Å². The lowest BCUT2D eigenvalue weighted by Crippen LogP contribution is -2.29. The molecule has 0 fully saturated rings. The van der Waals surface area contributed by atoms with Crippen molar-refractivity contribution in [2.24, 2.45) is 0 Å². The van der Waals surface area contributed by atoms with Crippen molar-refractivity contribution in [3.63, 3.8) is 0 Å². The third-order valence-electron chi connectivity index (χ3n) is 4.63. The van der Waals surface area contributed by atoms with E-state index in [9.17, 15) is 14.4 Å². The quantitative estimate of drug-likeness (QED) is 0.575. The van der Waals surface area contributed by atoms with Crippen LogP contribution in [0.4, 0.5) is 11.4 Å². The van der Waals surface area contributed by atoms with Gasteiger partial charge >= 0.3 is 0 Å². The first-order valence-electron chi connectivity index (χ1n) is 8.83. The number of benzene rings is 3. The number of nitrogens with zero attached hydrogens (tertiary/aromatic N) is 1. The number of halogens is 2. The summed E-state index contributed by atoms with van der Waals surface area (Å²) in [5.74, 6) is -1.41. The Hall–Kier alpha value is -3.35. The molecule has 8 heteroatoms. The Kier molecular flexibility index (Phi) is 5.20. The van der Waals surface area contributed by atoms with Crippen LogP contribution in [0.3, 0.4) is 0 Å². The Labute approximate surface area is 182 Å². The van der Waals surface area contributed by atoms with Crippen molar-refractivity contribution in [3.05, 3.63) is 87.4 Å². The molecule has 3 aromatic carbocycles. The van der Waals surface area contributed by atoms with E-state index in [1.807, 2.05) is 0 Å². The number of rotatable bonds is 4. The predicted octanol–water partition coefficient (Wildman–Crippen LogP) is 5.05. The maximum absolute atomic E-state index is 13.1. The molecule has 0 unspecified atom stereocenters. The second-order valence-electron chi connectivity index (χ2n) is 6.43. The Morgan fingerprint density at radius 2 is 1.70 bits per heavy atom. The van der Waals surface area contributed by atoms with Crippen LogP contribution in [0.15, 0.2) is 60.7 Å². The van der Waals surface area contributed by atoms with Gasteiger partial charge in [-0.2, -0.15) is 0 Å². The van der Waals surface area contributed by atoms with Gasteiger partial charge in [0.2, 0.25) is 0 Å². The lowest BCUT2D eigenvalue weighted by molar-refractivity contribution is 0.0926. The monoisotopic (exact) mass is 440 g/mol. The van der Waals surface area contributed by atoms with Crippen molar-refractivity contribution in [1.29, 1.82) is 0 Å². The number of fused-ring (bicyclic) bond motifs is 1. The number of anilines is 2. The number of ether oxygens (including phenoxy) is 1. The van der Waals surface area contributed by atoms with E-state index in [0.29, 0.717) is 5.69 Å². The zero-order valence-corrected chi connectivity index (χ0v) is 17.1. The van der Waals surface area contributed by atoms with Crippen LogP contribution in [0, 0.1) is 0 Å².